The van der Waals surface area contributed by atoms with E-state index in [1.54, 1.807) is 7.11 Å². The first-order valence-electron chi connectivity index (χ1n) is 8.20. The summed E-state index contributed by atoms with van der Waals surface area (Å²) in [5.41, 5.74) is 8.87. The Labute approximate surface area is 149 Å². The number of rotatable bonds is 6. The number of nitrogens with one attached hydrogen (secondary N) is 2. The number of hydrazone groups is 1. The van der Waals surface area contributed by atoms with Gasteiger partial charge in [0.15, 0.2) is 0 Å². The topological polar surface area (TPSA) is 62.7 Å². The van der Waals surface area contributed by atoms with E-state index < -0.39 is 0 Å². The van der Waals surface area contributed by atoms with Crippen molar-refractivity contribution < 1.29 is 9.53 Å². The molecule has 0 spiro atoms. The lowest BCUT2D eigenvalue weighted by Crippen LogP contribution is -2.27. The first-order chi connectivity index (χ1) is 11.9. The summed E-state index contributed by atoms with van der Waals surface area (Å²) in [6.07, 6.45) is 0. The van der Waals surface area contributed by atoms with Crippen molar-refractivity contribution in [2.24, 2.45) is 5.10 Å². The van der Waals surface area contributed by atoms with Gasteiger partial charge in [0, 0.05) is 11.3 Å². The fourth-order valence-electron chi connectivity index (χ4n) is 2.88. The Morgan fingerprint density at radius 3 is 2.24 bits per heavy atom. The molecule has 0 saturated carbocycles. The second kappa shape index (κ2) is 8.33. The molecule has 5 heteroatoms. The summed E-state index contributed by atoms with van der Waals surface area (Å²) in [7, 11) is 1.62. The molecule has 0 aliphatic carbocycles. The first-order valence-corrected chi connectivity index (χ1v) is 8.20. The molecule has 0 radical (unpaired) electrons. The highest BCUT2D eigenvalue weighted by molar-refractivity contribution is 6.01. The molecular formula is C20H25N3O2. The molecule has 0 fully saturated rings. The van der Waals surface area contributed by atoms with E-state index in [4.69, 9.17) is 4.74 Å². The van der Waals surface area contributed by atoms with Crippen LogP contribution < -0.4 is 15.5 Å². The molecule has 0 unspecified atom stereocenters. The highest BCUT2D eigenvalue weighted by Crippen LogP contribution is 2.17. The van der Waals surface area contributed by atoms with Crippen LogP contribution in [0.1, 0.15) is 29.2 Å². The molecule has 2 aromatic carbocycles. The lowest BCUT2D eigenvalue weighted by atomic mass is 9.97. The zero-order valence-electron chi connectivity index (χ0n) is 15.4. The quantitative estimate of drug-likeness (QED) is 0.625. The Hall–Kier alpha value is -2.82. The monoisotopic (exact) mass is 339 g/mol. The zero-order chi connectivity index (χ0) is 18.4. The van der Waals surface area contributed by atoms with Crippen molar-refractivity contribution in [3.05, 3.63) is 58.7 Å². The molecule has 2 N–H and O–H groups in total. The molecule has 0 aromatic heterocycles. The van der Waals surface area contributed by atoms with Gasteiger partial charge in [-0.2, -0.15) is 5.10 Å². The molecule has 1 amide bonds. The van der Waals surface area contributed by atoms with Crippen LogP contribution in [0.25, 0.3) is 0 Å². The van der Waals surface area contributed by atoms with E-state index in [0.717, 1.165) is 33.8 Å². The molecule has 5 nitrogen and oxygen atoms in total. The van der Waals surface area contributed by atoms with Crippen LogP contribution in [-0.2, 0) is 4.79 Å². The van der Waals surface area contributed by atoms with Crippen LogP contribution in [0.3, 0.4) is 0 Å². The van der Waals surface area contributed by atoms with E-state index in [1.807, 2.05) is 31.2 Å². The molecule has 0 aliphatic heterocycles. The number of ether oxygens (including phenoxy) is 1. The first kappa shape index (κ1) is 18.5. The second-order valence-electron chi connectivity index (χ2n) is 6.09. The highest BCUT2D eigenvalue weighted by Gasteiger charge is 2.08. The predicted molar refractivity (Wildman–Crippen MR) is 102 cm³/mol. The van der Waals surface area contributed by atoms with Crippen LogP contribution in [-0.4, -0.2) is 25.3 Å². The molecule has 0 bridgehead atoms. The van der Waals surface area contributed by atoms with E-state index >= 15 is 0 Å². The van der Waals surface area contributed by atoms with Crippen LogP contribution >= 0.6 is 0 Å². The maximum absolute atomic E-state index is 12.0. The largest absolute Gasteiger partial charge is 0.497 e. The molecule has 0 saturated heterocycles. The van der Waals surface area contributed by atoms with Gasteiger partial charge in [0.1, 0.15) is 5.75 Å². The van der Waals surface area contributed by atoms with Crippen LogP contribution in [0.15, 0.2) is 41.5 Å². The molecule has 132 valence electrons. The highest BCUT2D eigenvalue weighted by atomic mass is 16.5. The summed E-state index contributed by atoms with van der Waals surface area (Å²) in [5, 5.41) is 7.30. The third-order valence-electron chi connectivity index (χ3n) is 3.93. The number of hydrogen-bond donors (Lipinski definition) is 2. The predicted octanol–water partition coefficient (Wildman–Crippen LogP) is 3.57. The van der Waals surface area contributed by atoms with Crippen molar-refractivity contribution in [1.29, 1.82) is 0 Å². The number of methoxy groups -OCH3 is 1. The van der Waals surface area contributed by atoms with Crippen LogP contribution in [0, 0.1) is 20.8 Å². The second-order valence-corrected chi connectivity index (χ2v) is 6.09. The Morgan fingerprint density at radius 1 is 1.08 bits per heavy atom. The molecule has 0 atom stereocenters. The minimum Gasteiger partial charge on any atom is -0.497 e. The fourth-order valence-corrected chi connectivity index (χ4v) is 2.88. The number of nitrogens with zero attached hydrogens (tertiary/aromatic N) is 1. The number of aryl methyl sites for hydroxylation is 3. The summed E-state index contributed by atoms with van der Waals surface area (Å²) in [4.78, 5) is 12.0. The Balaban J connectivity index is 1.95. The zero-order valence-corrected chi connectivity index (χ0v) is 15.4. The normalized spacial score (nSPS) is 11.2. The SMILES string of the molecule is COc1ccc(NCC(=O)N/N=C(/C)c2c(C)cc(C)cc2C)cc1. The summed E-state index contributed by atoms with van der Waals surface area (Å²) in [6.45, 7) is 8.24. The van der Waals surface area contributed by atoms with Crippen LogP contribution in [0.2, 0.25) is 0 Å². The molecule has 25 heavy (non-hydrogen) atoms. The number of anilines is 1. The van der Waals surface area contributed by atoms with E-state index in [0.29, 0.717) is 0 Å². The van der Waals surface area contributed by atoms with Gasteiger partial charge in [-0.05, 0) is 63.1 Å². The smallest absolute Gasteiger partial charge is 0.259 e. The number of amides is 1. The summed E-state index contributed by atoms with van der Waals surface area (Å²) < 4.78 is 5.10. The molecule has 0 aliphatic rings. The van der Waals surface area contributed by atoms with Crippen molar-refractivity contribution in [2.75, 3.05) is 19.0 Å². The average Bonchev–Trinajstić information content (AvgIpc) is 2.57. The van der Waals surface area contributed by atoms with Crippen molar-refractivity contribution in [1.82, 2.24) is 5.43 Å². The Morgan fingerprint density at radius 2 is 1.68 bits per heavy atom. The number of carbonyl (C=O) groups excluding carboxylic acids is 1. The summed E-state index contributed by atoms with van der Waals surface area (Å²) in [5.74, 6) is 0.580. The van der Waals surface area contributed by atoms with E-state index in [9.17, 15) is 4.79 Å². The van der Waals surface area contributed by atoms with Gasteiger partial charge in [-0.1, -0.05) is 17.7 Å². The summed E-state index contributed by atoms with van der Waals surface area (Å²) in [6, 6.07) is 11.6. The van der Waals surface area contributed by atoms with Gasteiger partial charge in [-0.25, -0.2) is 5.43 Å². The van der Waals surface area contributed by atoms with Crippen LogP contribution in [0.5, 0.6) is 5.75 Å². The van der Waals surface area contributed by atoms with Gasteiger partial charge in [0.05, 0.1) is 19.4 Å². The standard InChI is InChI=1S/C20H25N3O2/c1-13-10-14(2)20(15(3)11-13)16(4)22-23-19(24)12-21-17-6-8-18(25-5)9-7-17/h6-11,21H,12H2,1-5H3,(H,23,24)/b22-16-. The maximum Gasteiger partial charge on any atom is 0.259 e. The third kappa shape index (κ3) is 5.08. The Bertz CT molecular complexity index is 757. The van der Waals surface area contributed by atoms with E-state index in [2.05, 4.69) is 48.7 Å². The van der Waals surface area contributed by atoms with Crippen molar-refractivity contribution in [3.63, 3.8) is 0 Å². The van der Waals surface area contributed by atoms with Crippen molar-refractivity contribution in [2.45, 2.75) is 27.7 Å². The van der Waals surface area contributed by atoms with Gasteiger partial charge in [0.25, 0.3) is 5.91 Å². The van der Waals surface area contributed by atoms with Gasteiger partial charge >= 0.3 is 0 Å². The third-order valence-corrected chi connectivity index (χ3v) is 3.93. The average molecular weight is 339 g/mol. The van der Waals surface area contributed by atoms with Crippen LogP contribution in [0.4, 0.5) is 5.69 Å². The lowest BCUT2D eigenvalue weighted by Gasteiger charge is -2.11. The number of benzene rings is 2. The summed E-state index contributed by atoms with van der Waals surface area (Å²) >= 11 is 0. The maximum atomic E-state index is 12.0. The van der Waals surface area contributed by atoms with E-state index in [-0.39, 0.29) is 12.5 Å². The minimum absolute atomic E-state index is 0.148. The van der Waals surface area contributed by atoms with Crippen molar-refractivity contribution in [3.8, 4) is 5.75 Å². The lowest BCUT2D eigenvalue weighted by molar-refractivity contribution is -0.119. The minimum atomic E-state index is -0.197. The molecule has 2 rings (SSSR count). The van der Waals surface area contributed by atoms with E-state index in [1.165, 1.54) is 5.56 Å². The molecule has 0 heterocycles. The van der Waals surface area contributed by atoms with Gasteiger partial charge in [0.2, 0.25) is 0 Å². The number of carbonyl (C=O) groups is 1. The molecule has 2 aromatic rings. The van der Waals surface area contributed by atoms with Gasteiger partial charge in [-0.3, -0.25) is 4.79 Å². The number of hydrogen-bond acceptors (Lipinski definition) is 4. The van der Waals surface area contributed by atoms with Crippen molar-refractivity contribution >= 4 is 17.3 Å². The Kier molecular flexibility index (Phi) is 6.17. The molecular weight excluding hydrogens is 314 g/mol. The van der Waals surface area contributed by atoms with Gasteiger partial charge in [-0.15, -0.1) is 0 Å². The fraction of sp³-hybridized carbons (Fsp3) is 0.300. The van der Waals surface area contributed by atoms with Gasteiger partial charge < -0.3 is 10.1 Å².